The lowest BCUT2D eigenvalue weighted by atomic mass is 10.1. The molecule has 1 aliphatic rings. The van der Waals surface area contributed by atoms with E-state index in [2.05, 4.69) is 10.3 Å². The highest BCUT2D eigenvalue weighted by atomic mass is 19.2. The molecule has 3 aromatic rings. The maximum Gasteiger partial charge on any atom is 0.257 e. The third-order valence-corrected chi connectivity index (χ3v) is 4.43. The molecule has 0 aliphatic heterocycles. The number of carbonyl (C=O) groups is 2. The summed E-state index contributed by atoms with van der Waals surface area (Å²) < 4.78 is 32.0. The zero-order valence-corrected chi connectivity index (χ0v) is 14.5. The van der Waals surface area contributed by atoms with Gasteiger partial charge in [-0.2, -0.15) is 0 Å². The van der Waals surface area contributed by atoms with Crippen molar-refractivity contribution in [3.8, 4) is 11.6 Å². The van der Waals surface area contributed by atoms with Crippen molar-refractivity contribution in [3.05, 3.63) is 83.1 Å². The van der Waals surface area contributed by atoms with E-state index in [1.807, 2.05) is 0 Å². The summed E-state index contributed by atoms with van der Waals surface area (Å²) in [6.45, 7) is 0. The molecule has 0 unspecified atom stereocenters. The van der Waals surface area contributed by atoms with Crippen molar-refractivity contribution in [2.75, 3.05) is 5.32 Å². The van der Waals surface area contributed by atoms with Gasteiger partial charge in [0.25, 0.3) is 5.91 Å². The normalized spacial score (nSPS) is 12.6. The number of halogens is 2. The Morgan fingerprint density at radius 1 is 1.04 bits per heavy atom. The molecular formula is C21H14F2N2O3. The highest BCUT2D eigenvalue weighted by Gasteiger charge is 2.23. The van der Waals surface area contributed by atoms with Crippen LogP contribution in [0, 0.1) is 11.6 Å². The van der Waals surface area contributed by atoms with Crippen molar-refractivity contribution in [1.29, 1.82) is 0 Å². The van der Waals surface area contributed by atoms with Crippen LogP contribution in [-0.2, 0) is 6.42 Å². The van der Waals surface area contributed by atoms with Gasteiger partial charge in [-0.05, 0) is 30.7 Å². The highest BCUT2D eigenvalue weighted by Crippen LogP contribution is 2.32. The largest absolute Gasteiger partial charge is 0.439 e. The molecule has 1 N–H and O–H groups in total. The average molecular weight is 380 g/mol. The first-order valence-corrected chi connectivity index (χ1v) is 8.56. The number of aromatic nitrogens is 1. The second kappa shape index (κ2) is 7.19. The van der Waals surface area contributed by atoms with Crippen LogP contribution in [0.25, 0.3) is 0 Å². The lowest BCUT2D eigenvalue weighted by molar-refractivity contribution is 0.0992. The third-order valence-electron chi connectivity index (χ3n) is 4.43. The van der Waals surface area contributed by atoms with Crippen LogP contribution in [0.1, 0.15) is 32.7 Å². The second-order valence-corrected chi connectivity index (χ2v) is 6.28. The molecule has 1 aliphatic carbocycles. The number of ketones is 1. The Morgan fingerprint density at radius 3 is 2.64 bits per heavy atom. The fraction of sp³-hybridized carbons (Fsp3) is 0.0952. The number of Topliss-reactive ketones (excluding diaryl/α,β-unsaturated/α-hetero) is 1. The summed E-state index contributed by atoms with van der Waals surface area (Å²) in [4.78, 5) is 28.2. The van der Waals surface area contributed by atoms with Crippen molar-refractivity contribution in [2.45, 2.75) is 12.8 Å². The molecule has 140 valence electrons. The van der Waals surface area contributed by atoms with Gasteiger partial charge >= 0.3 is 0 Å². The summed E-state index contributed by atoms with van der Waals surface area (Å²) in [6.07, 6.45) is 2.41. The van der Waals surface area contributed by atoms with Crippen molar-refractivity contribution >= 4 is 17.4 Å². The summed E-state index contributed by atoms with van der Waals surface area (Å²) in [6, 6.07) is 11.4. The standard InChI is InChI=1S/C21H14F2N2O3/c22-16-7-5-13(10-17(16)23)25-21(27)12-4-9-20(24-11-12)28-19-3-1-2-14-15(19)6-8-18(14)26/h1-5,7,9-11H,6,8H2,(H,25,27). The number of hydrogen-bond donors (Lipinski definition) is 1. The molecule has 0 saturated heterocycles. The Hall–Kier alpha value is -3.61. The topological polar surface area (TPSA) is 68.3 Å². The van der Waals surface area contributed by atoms with Gasteiger partial charge in [-0.25, -0.2) is 13.8 Å². The van der Waals surface area contributed by atoms with Crippen LogP contribution in [0.3, 0.4) is 0 Å². The lowest BCUT2D eigenvalue weighted by Crippen LogP contribution is -2.12. The van der Waals surface area contributed by atoms with Gasteiger partial charge in [-0.15, -0.1) is 0 Å². The molecule has 0 bridgehead atoms. The van der Waals surface area contributed by atoms with Gasteiger partial charge in [0, 0.05) is 41.6 Å². The van der Waals surface area contributed by atoms with Gasteiger partial charge in [0.2, 0.25) is 5.88 Å². The van der Waals surface area contributed by atoms with Crippen molar-refractivity contribution in [3.63, 3.8) is 0 Å². The summed E-state index contributed by atoms with van der Waals surface area (Å²) >= 11 is 0. The maximum absolute atomic E-state index is 13.2. The molecular weight excluding hydrogens is 366 g/mol. The van der Waals surface area contributed by atoms with E-state index in [1.54, 1.807) is 18.2 Å². The van der Waals surface area contributed by atoms with Crippen LogP contribution in [0.4, 0.5) is 14.5 Å². The molecule has 0 atom stereocenters. The first-order valence-electron chi connectivity index (χ1n) is 8.56. The molecule has 5 nitrogen and oxygen atoms in total. The van der Waals surface area contributed by atoms with E-state index in [-0.39, 0.29) is 22.9 Å². The van der Waals surface area contributed by atoms with E-state index in [4.69, 9.17) is 4.74 Å². The quantitative estimate of drug-likeness (QED) is 0.722. The van der Waals surface area contributed by atoms with Crippen LogP contribution in [0.5, 0.6) is 11.6 Å². The third kappa shape index (κ3) is 3.46. The minimum atomic E-state index is -1.05. The van der Waals surface area contributed by atoms with E-state index in [1.165, 1.54) is 24.4 Å². The number of benzene rings is 2. The smallest absolute Gasteiger partial charge is 0.257 e. The van der Waals surface area contributed by atoms with Crippen molar-refractivity contribution in [1.82, 2.24) is 4.98 Å². The fourth-order valence-corrected chi connectivity index (χ4v) is 3.02. The zero-order valence-electron chi connectivity index (χ0n) is 14.5. The van der Waals surface area contributed by atoms with E-state index in [0.717, 1.165) is 17.7 Å². The number of fused-ring (bicyclic) bond motifs is 1. The number of nitrogens with one attached hydrogen (secondary N) is 1. The van der Waals surface area contributed by atoms with Gasteiger partial charge in [0.05, 0.1) is 5.56 Å². The molecule has 0 spiro atoms. The number of rotatable bonds is 4. The van der Waals surface area contributed by atoms with Crippen LogP contribution in [0.2, 0.25) is 0 Å². The number of carbonyl (C=O) groups excluding carboxylic acids is 2. The summed E-state index contributed by atoms with van der Waals surface area (Å²) in [7, 11) is 0. The minimum Gasteiger partial charge on any atom is -0.439 e. The monoisotopic (exact) mass is 380 g/mol. The lowest BCUT2D eigenvalue weighted by Gasteiger charge is -2.10. The molecule has 0 radical (unpaired) electrons. The molecule has 2 aromatic carbocycles. The number of nitrogens with zero attached hydrogens (tertiary/aromatic N) is 1. The zero-order chi connectivity index (χ0) is 19.7. The predicted octanol–water partition coefficient (Wildman–Crippen LogP) is 4.53. The van der Waals surface area contributed by atoms with Gasteiger partial charge in [0.1, 0.15) is 5.75 Å². The van der Waals surface area contributed by atoms with Crippen LogP contribution in [0.15, 0.2) is 54.7 Å². The van der Waals surface area contributed by atoms with Crippen molar-refractivity contribution < 1.29 is 23.1 Å². The van der Waals surface area contributed by atoms with Crippen molar-refractivity contribution in [2.24, 2.45) is 0 Å². The molecule has 1 heterocycles. The van der Waals surface area contributed by atoms with E-state index < -0.39 is 17.5 Å². The number of anilines is 1. The van der Waals surface area contributed by atoms with Crippen LogP contribution < -0.4 is 10.1 Å². The predicted molar refractivity (Wildman–Crippen MR) is 97.7 cm³/mol. The number of ether oxygens (including phenoxy) is 1. The summed E-state index contributed by atoms with van der Waals surface area (Å²) in [5.74, 6) is -1.62. The second-order valence-electron chi connectivity index (χ2n) is 6.28. The maximum atomic E-state index is 13.2. The first kappa shape index (κ1) is 17.8. The van der Waals surface area contributed by atoms with E-state index in [0.29, 0.717) is 24.2 Å². The summed E-state index contributed by atoms with van der Waals surface area (Å²) in [5, 5.41) is 2.47. The molecule has 28 heavy (non-hydrogen) atoms. The molecule has 1 aromatic heterocycles. The Balaban J connectivity index is 1.48. The molecule has 4 rings (SSSR count). The number of amides is 1. The minimum absolute atomic E-state index is 0.0951. The van der Waals surface area contributed by atoms with Gasteiger partial charge in [-0.3, -0.25) is 9.59 Å². The average Bonchev–Trinajstić information content (AvgIpc) is 3.07. The van der Waals surface area contributed by atoms with Gasteiger partial charge in [-0.1, -0.05) is 12.1 Å². The SMILES string of the molecule is O=C(Nc1ccc(F)c(F)c1)c1ccc(Oc2cccc3c2CCC3=O)nc1. The molecule has 1 amide bonds. The molecule has 0 fully saturated rings. The first-order chi connectivity index (χ1) is 13.5. The van der Waals surface area contributed by atoms with Gasteiger partial charge < -0.3 is 10.1 Å². The number of hydrogen-bond acceptors (Lipinski definition) is 4. The number of pyridine rings is 1. The highest BCUT2D eigenvalue weighted by molar-refractivity contribution is 6.04. The Bertz CT molecular complexity index is 1080. The van der Waals surface area contributed by atoms with Crippen LogP contribution >= 0.6 is 0 Å². The Kier molecular flexibility index (Phi) is 4.57. The molecule has 0 saturated carbocycles. The van der Waals surface area contributed by atoms with E-state index >= 15 is 0 Å². The summed E-state index contributed by atoms with van der Waals surface area (Å²) in [5.41, 5.74) is 1.88. The Labute approximate surface area is 159 Å². The van der Waals surface area contributed by atoms with Gasteiger partial charge in [0.15, 0.2) is 17.4 Å². The molecule has 7 heteroatoms. The Morgan fingerprint density at radius 2 is 1.89 bits per heavy atom. The fourth-order valence-electron chi connectivity index (χ4n) is 3.02. The van der Waals surface area contributed by atoms with E-state index in [9.17, 15) is 18.4 Å². The van der Waals surface area contributed by atoms with Crippen LogP contribution in [-0.4, -0.2) is 16.7 Å².